The standard InChI is InChI=1S/2C8H17.Mn.HO3P/c2*1-7(2)6-8(3,4)5;;1-4(2)3/h2*7H,1,6H2,2-5H3;;(H,1,2,3)/q2*-1;+2;/p-1. The molecule has 0 aromatic carbocycles. The van der Waals surface area contributed by atoms with E-state index in [9.17, 15) is 0 Å². The first-order valence-corrected chi connectivity index (χ1v) is 8.14. The van der Waals surface area contributed by atoms with Gasteiger partial charge >= 0.3 is 17.1 Å². The second kappa shape index (κ2) is 14.2. The summed E-state index contributed by atoms with van der Waals surface area (Å²) >= 11 is 0. The Balaban J connectivity index is -0.000000107. The molecule has 0 aromatic heterocycles. The fourth-order valence-electron chi connectivity index (χ4n) is 2.09. The van der Waals surface area contributed by atoms with Crippen molar-refractivity contribution in [3.63, 3.8) is 0 Å². The first kappa shape index (κ1) is 29.5. The van der Waals surface area contributed by atoms with Crippen LogP contribution >= 0.6 is 8.25 Å². The van der Waals surface area contributed by atoms with Gasteiger partial charge in [-0.1, -0.05) is 72.8 Å². The average Bonchev–Trinajstić information content (AvgIpc) is 1.90. The van der Waals surface area contributed by atoms with Gasteiger partial charge in [-0.05, 0) is 10.8 Å². The Kier molecular flexibility index (Phi) is 19.9. The van der Waals surface area contributed by atoms with Crippen LogP contribution in [0.5, 0.6) is 0 Å². The van der Waals surface area contributed by atoms with Crippen LogP contribution in [0, 0.1) is 36.5 Å². The number of hydrogen-bond donors (Lipinski definition) is 0. The molecule has 0 bridgehead atoms. The van der Waals surface area contributed by atoms with Gasteiger partial charge in [0.15, 0.2) is 0 Å². The van der Waals surface area contributed by atoms with Gasteiger partial charge in [0.05, 0.1) is 0 Å². The molecule has 0 aromatic rings. The molecule has 3 nitrogen and oxygen atoms in total. The summed E-state index contributed by atoms with van der Waals surface area (Å²) in [6.07, 6.45) is 2.43. The molecule has 0 aliphatic heterocycles. The molecular formula is C16H34MnO3P-. The molecule has 0 aliphatic carbocycles. The van der Waals surface area contributed by atoms with E-state index < -0.39 is 8.25 Å². The molecule has 0 saturated carbocycles. The van der Waals surface area contributed by atoms with Crippen molar-refractivity contribution < 1.29 is 31.4 Å². The van der Waals surface area contributed by atoms with E-state index in [1.807, 2.05) is 0 Å². The fourth-order valence-corrected chi connectivity index (χ4v) is 2.09. The summed E-state index contributed by atoms with van der Waals surface area (Å²) < 4.78 is 8.48. The maximum absolute atomic E-state index is 8.48. The molecule has 0 heterocycles. The summed E-state index contributed by atoms with van der Waals surface area (Å²) in [6, 6.07) is 0. The van der Waals surface area contributed by atoms with E-state index in [0.29, 0.717) is 22.7 Å². The van der Waals surface area contributed by atoms with E-state index in [2.05, 4.69) is 69.2 Å². The van der Waals surface area contributed by atoms with Crippen LogP contribution in [0.4, 0.5) is 0 Å². The van der Waals surface area contributed by atoms with Gasteiger partial charge in [0, 0.05) is 0 Å². The maximum Gasteiger partial charge on any atom is 2.00 e. The Hall–Kier alpha value is 0.539. The zero-order valence-corrected chi connectivity index (χ0v) is 17.1. The Morgan fingerprint density at radius 2 is 1.00 bits per heavy atom. The second-order valence-corrected chi connectivity index (χ2v) is 8.41. The fraction of sp³-hybridized carbons (Fsp3) is 0.875. The van der Waals surface area contributed by atoms with Crippen molar-refractivity contribution in [1.29, 1.82) is 0 Å². The molecular weight excluding hydrogens is 326 g/mol. The largest absolute Gasteiger partial charge is 2.00 e. The van der Waals surface area contributed by atoms with Crippen molar-refractivity contribution in [3.05, 3.63) is 13.8 Å². The molecule has 0 amide bonds. The Morgan fingerprint density at radius 1 is 0.857 bits per heavy atom. The van der Waals surface area contributed by atoms with Crippen LogP contribution in [0.15, 0.2) is 0 Å². The molecule has 21 heavy (non-hydrogen) atoms. The van der Waals surface area contributed by atoms with Crippen LogP contribution < -0.4 is 9.79 Å². The molecule has 1 radical (unpaired) electrons. The van der Waals surface area contributed by atoms with E-state index in [-0.39, 0.29) is 17.1 Å². The third-order valence-corrected chi connectivity index (χ3v) is 1.92. The van der Waals surface area contributed by atoms with E-state index in [4.69, 9.17) is 14.4 Å². The summed E-state index contributed by atoms with van der Waals surface area (Å²) in [4.78, 5) is 17.0. The molecule has 0 fully saturated rings. The topological polar surface area (TPSA) is 63.2 Å². The van der Waals surface area contributed by atoms with Crippen LogP contribution in [-0.2, 0) is 21.6 Å². The minimum atomic E-state index is -3.37. The molecule has 2 atom stereocenters. The van der Waals surface area contributed by atoms with Crippen molar-refractivity contribution in [3.8, 4) is 0 Å². The first-order chi connectivity index (χ1) is 8.57. The summed E-state index contributed by atoms with van der Waals surface area (Å²) in [7, 11) is -3.37. The van der Waals surface area contributed by atoms with Gasteiger partial charge in [-0.15, -0.1) is 0 Å². The van der Waals surface area contributed by atoms with Gasteiger partial charge in [-0.2, -0.15) is 11.8 Å². The molecule has 129 valence electrons. The van der Waals surface area contributed by atoms with Crippen LogP contribution in [0.3, 0.4) is 0 Å². The van der Waals surface area contributed by atoms with Gasteiger partial charge in [0.25, 0.3) is 8.25 Å². The third kappa shape index (κ3) is 63.6. The quantitative estimate of drug-likeness (QED) is 0.422. The monoisotopic (exact) mass is 360 g/mol. The molecule has 0 spiro atoms. The smallest absolute Gasteiger partial charge is 0.598 e. The second-order valence-electron chi connectivity index (χ2n) is 7.96. The molecule has 2 unspecified atom stereocenters. The van der Waals surface area contributed by atoms with E-state index >= 15 is 0 Å². The van der Waals surface area contributed by atoms with Crippen molar-refractivity contribution >= 4 is 8.25 Å². The van der Waals surface area contributed by atoms with Crippen LogP contribution in [0.2, 0.25) is 0 Å². The minimum absolute atomic E-state index is 0. The van der Waals surface area contributed by atoms with Crippen molar-refractivity contribution in [2.24, 2.45) is 22.7 Å². The Morgan fingerprint density at radius 3 is 1.00 bits per heavy atom. The van der Waals surface area contributed by atoms with Gasteiger partial charge in [-0.25, -0.2) is 0 Å². The van der Waals surface area contributed by atoms with Gasteiger partial charge in [0.2, 0.25) is 0 Å². The third-order valence-electron chi connectivity index (χ3n) is 1.92. The summed E-state index contributed by atoms with van der Waals surface area (Å²) in [5.41, 5.74) is 0.919. The number of rotatable bonds is 2. The minimum Gasteiger partial charge on any atom is -0.598 e. The summed E-state index contributed by atoms with van der Waals surface area (Å²) in [5, 5.41) is 0. The molecule has 0 aliphatic rings. The van der Waals surface area contributed by atoms with E-state index in [1.165, 1.54) is 12.8 Å². The van der Waals surface area contributed by atoms with Gasteiger partial charge < -0.3 is 23.6 Å². The van der Waals surface area contributed by atoms with Crippen molar-refractivity contribution in [2.45, 2.75) is 68.2 Å². The molecule has 0 N–H and O–H groups in total. The van der Waals surface area contributed by atoms with E-state index in [1.54, 1.807) is 0 Å². The average molecular weight is 360 g/mol. The van der Waals surface area contributed by atoms with Crippen LogP contribution in [0.1, 0.15) is 68.2 Å². The predicted octanol–water partition coefficient (Wildman–Crippen LogP) is 4.15. The zero-order valence-electron chi connectivity index (χ0n) is 15.0. The van der Waals surface area contributed by atoms with E-state index in [0.717, 1.165) is 0 Å². The normalized spacial score (nSPS) is 13.5. The molecule has 5 heteroatoms. The zero-order chi connectivity index (χ0) is 17.1. The number of hydrogen-bond acceptors (Lipinski definition) is 3. The van der Waals surface area contributed by atoms with Crippen LogP contribution in [-0.4, -0.2) is 0 Å². The Bertz CT molecular complexity index is 217. The first-order valence-electron chi connectivity index (χ1n) is 7.04. The predicted molar refractivity (Wildman–Crippen MR) is 84.8 cm³/mol. The molecule has 0 saturated heterocycles. The van der Waals surface area contributed by atoms with Crippen LogP contribution in [0.25, 0.3) is 0 Å². The van der Waals surface area contributed by atoms with Crippen molar-refractivity contribution in [1.82, 2.24) is 0 Å². The Labute approximate surface area is 144 Å². The summed E-state index contributed by atoms with van der Waals surface area (Å²) in [6.45, 7) is 25.6. The SMILES string of the molecule is O=[P+]([O-])[O-].[CH2-]C(C)CC(C)(C)C.[CH2-]C(C)CC(C)(C)C.[Mn+2]. The molecule has 0 rings (SSSR count). The van der Waals surface area contributed by atoms with Gasteiger partial charge in [-0.3, -0.25) is 0 Å². The van der Waals surface area contributed by atoms with Gasteiger partial charge in [0.1, 0.15) is 0 Å². The summed E-state index contributed by atoms with van der Waals surface area (Å²) in [5.74, 6) is 1.19. The van der Waals surface area contributed by atoms with Crippen molar-refractivity contribution in [2.75, 3.05) is 0 Å². The maximum atomic E-state index is 8.48.